The fourth-order valence-electron chi connectivity index (χ4n) is 2.81. The van der Waals surface area contributed by atoms with E-state index in [4.69, 9.17) is 4.74 Å². The van der Waals surface area contributed by atoms with E-state index >= 15 is 0 Å². The fourth-order valence-corrected chi connectivity index (χ4v) is 4.80. The van der Waals surface area contributed by atoms with Gasteiger partial charge in [0, 0.05) is 32.3 Å². The van der Waals surface area contributed by atoms with Crippen molar-refractivity contribution in [1.82, 2.24) is 10.2 Å². The van der Waals surface area contributed by atoms with Crippen molar-refractivity contribution in [3.63, 3.8) is 0 Å². The summed E-state index contributed by atoms with van der Waals surface area (Å²) in [4.78, 5) is 2.33. The number of fused-ring (bicyclic) bond motifs is 1. The van der Waals surface area contributed by atoms with Crippen molar-refractivity contribution >= 4 is 9.84 Å². The van der Waals surface area contributed by atoms with Gasteiger partial charge in [0.15, 0.2) is 9.84 Å². The molecule has 0 aromatic rings. The number of hydrogen-bond acceptors (Lipinski definition) is 5. The highest BCUT2D eigenvalue weighted by Crippen LogP contribution is 2.21. The predicted molar refractivity (Wildman–Crippen MR) is 66.9 cm³/mol. The highest BCUT2D eigenvalue weighted by Gasteiger charge is 2.41. The van der Waals surface area contributed by atoms with Gasteiger partial charge in [0.2, 0.25) is 0 Å². The molecule has 0 amide bonds. The molecule has 2 atom stereocenters. The number of nitrogens with zero attached hydrogens (tertiary/aromatic N) is 1. The Kier molecular flexibility index (Phi) is 4.41. The number of hydrogen-bond donors (Lipinski definition) is 1. The second-order valence-corrected chi connectivity index (χ2v) is 7.09. The zero-order chi connectivity index (χ0) is 12.3. The minimum atomic E-state index is -2.84. The maximum absolute atomic E-state index is 11.7. The van der Waals surface area contributed by atoms with E-state index in [1.807, 2.05) is 0 Å². The smallest absolute Gasteiger partial charge is 0.153 e. The van der Waals surface area contributed by atoms with Crippen molar-refractivity contribution in [2.45, 2.75) is 24.9 Å². The van der Waals surface area contributed by atoms with Gasteiger partial charge in [-0.25, -0.2) is 8.42 Å². The molecule has 2 aliphatic rings. The molecule has 0 aromatic heterocycles. The first kappa shape index (κ1) is 13.3. The van der Waals surface area contributed by atoms with Gasteiger partial charge in [-0.15, -0.1) is 0 Å². The molecular formula is C11H22N2O3S. The van der Waals surface area contributed by atoms with E-state index in [2.05, 4.69) is 10.2 Å². The summed E-state index contributed by atoms with van der Waals surface area (Å²) in [6.07, 6.45) is 2.07. The van der Waals surface area contributed by atoms with E-state index in [0.29, 0.717) is 11.5 Å². The van der Waals surface area contributed by atoms with Crippen LogP contribution in [0, 0.1) is 0 Å². The summed E-state index contributed by atoms with van der Waals surface area (Å²) in [7, 11) is -1.14. The van der Waals surface area contributed by atoms with Crippen LogP contribution in [0.25, 0.3) is 0 Å². The van der Waals surface area contributed by atoms with Gasteiger partial charge in [0.25, 0.3) is 0 Å². The molecule has 0 aromatic carbocycles. The van der Waals surface area contributed by atoms with E-state index in [1.54, 1.807) is 7.11 Å². The first-order valence-electron chi connectivity index (χ1n) is 6.29. The first-order chi connectivity index (χ1) is 8.12. The summed E-state index contributed by atoms with van der Waals surface area (Å²) in [5, 5.41) is 3.37. The zero-order valence-electron chi connectivity index (χ0n) is 10.4. The van der Waals surface area contributed by atoms with E-state index in [1.165, 1.54) is 0 Å². The van der Waals surface area contributed by atoms with Crippen LogP contribution in [0.15, 0.2) is 0 Å². The lowest BCUT2D eigenvalue weighted by Crippen LogP contribution is -2.47. The summed E-state index contributed by atoms with van der Waals surface area (Å²) in [6, 6.07) is 0.296. The molecular weight excluding hydrogens is 240 g/mol. The van der Waals surface area contributed by atoms with Crippen LogP contribution in [-0.2, 0) is 14.6 Å². The Bertz CT molecular complexity index is 345. The van der Waals surface area contributed by atoms with Crippen molar-refractivity contribution in [2.75, 3.05) is 44.9 Å². The van der Waals surface area contributed by atoms with Crippen molar-refractivity contribution in [3.05, 3.63) is 0 Å². The molecule has 2 unspecified atom stereocenters. The number of nitrogens with one attached hydrogen (secondary N) is 1. The van der Waals surface area contributed by atoms with Crippen LogP contribution in [-0.4, -0.2) is 70.3 Å². The maximum Gasteiger partial charge on any atom is 0.153 e. The summed E-state index contributed by atoms with van der Waals surface area (Å²) in [5.41, 5.74) is 0. The molecule has 17 heavy (non-hydrogen) atoms. The minimum Gasteiger partial charge on any atom is -0.385 e. The SMILES string of the molecule is COCCCN1CCCNC2CS(=O)(=O)CC21. The van der Waals surface area contributed by atoms with Crippen LogP contribution in [0.2, 0.25) is 0 Å². The molecule has 0 saturated carbocycles. The van der Waals surface area contributed by atoms with Gasteiger partial charge in [-0.05, 0) is 25.9 Å². The largest absolute Gasteiger partial charge is 0.385 e. The van der Waals surface area contributed by atoms with Crippen molar-refractivity contribution in [1.29, 1.82) is 0 Å². The third-order valence-electron chi connectivity index (χ3n) is 3.61. The van der Waals surface area contributed by atoms with E-state index in [-0.39, 0.29) is 12.1 Å². The summed E-state index contributed by atoms with van der Waals surface area (Å²) < 4.78 is 28.4. The molecule has 6 heteroatoms. The summed E-state index contributed by atoms with van der Waals surface area (Å²) >= 11 is 0. The number of rotatable bonds is 4. The van der Waals surface area contributed by atoms with Crippen LogP contribution >= 0.6 is 0 Å². The highest BCUT2D eigenvalue weighted by molar-refractivity contribution is 7.91. The van der Waals surface area contributed by atoms with Crippen molar-refractivity contribution in [2.24, 2.45) is 0 Å². The third-order valence-corrected chi connectivity index (χ3v) is 5.33. The van der Waals surface area contributed by atoms with E-state index in [9.17, 15) is 8.42 Å². The first-order valence-corrected chi connectivity index (χ1v) is 8.11. The summed E-state index contributed by atoms with van der Waals surface area (Å²) in [5.74, 6) is 0.621. The Morgan fingerprint density at radius 1 is 1.41 bits per heavy atom. The molecule has 2 saturated heterocycles. The molecule has 100 valence electrons. The number of ether oxygens (including phenoxy) is 1. The normalized spacial score (nSPS) is 33.2. The van der Waals surface area contributed by atoms with E-state index < -0.39 is 9.84 Å². The minimum absolute atomic E-state index is 0.130. The highest BCUT2D eigenvalue weighted by atomic mass is 32.2. The maximum atomic E-state index is 11.7. The van der Waals surface area contributed by atoms with Crippen LogP contribution in [0.5, 0.6) is 0 Å². The molecule has 0 aliphatic carbocycles. The Morgan fingerprint density at radius 2 is 2.24 bits per heavy atom. The van der Waals surface area contributed by atoms with Gasteiger partial charge in [0.05, 0.1) is 11.5 Å². The lowest BCUT2D eigenvalue weighted by atomic mass is 10.1. The second-order valence-electron chi connectivity index (χ2n) is 4.94. The fraction of sp³-hybridized carbons (Fsp3) is 1.00. The van der Waals surface area contributed by atoms with Crippen molar-refractivity contribution < 1.29 is 13.2 Å². The molecule has 0 spiro atoms. The van der Waals surface area contributed by atoms with Gasteiger partial charge in [-0.3, -0.25) is 4.90 Å². The molecule has 5 nitrogen and oxygen atoms in total. The molecule has 1 N–H and O–H groups in total. The van der Waals surface area contributed by atoms with Gasteiger partial charge in [-0.2, -0.15) is 0 Å². The van der Waals surface area contributed by atoms with Gasteiger partial charge >= 0.3 is 0 Å². The molecule has 2 heterocycles. The quantitative estimate of drug-likeness (QED) is 0.691. The predicted octanol–water partition coefficient (Wildman–Crippen LogP) is -0.516. The molecule has 2 aliphatic heterocycles. The topological polar surface area (TPSA) is 58.6 Å². The van der Waals surface area contributed by atoms with Crippen molar-refractivity contribution in [3.8, 4) is 0 Å². The van der Waals surface area contributed by atoms with Gasteiger partial charge in [-0.1, -0.05) is 0 Å². The van der Waals surface area contributed by atoms with Gasteiger partial charge in [0.1, 0.15) is 0 Å². The summed E-state index contributed by atoms with van der Waals surface area (Å²) in [6.45, 7) is 3.60. The Balaban J connectivity index is 1.99. The average Bonchev–Trinajstić information content (AvgIpc) is 2.46. The molecule has 0 bridgehead atoms. The zero-order valence-corrected chi connectivity index (χ0v) is 11.2. The molecule has 0 radical (unpaired) electrons. The average molecular weight is 262 g/mol. The lowest BCUT2D eigenvalue weighted by molar-refractivity contribution is 0.153. The monoisotopic (exact) mass is 262 g/mol. The van der Waals surface area contributed by atoms with Crippen LogP contribution in [0.3, 0.4) is 0 Å². The molecule has 2 fully saturated rings. The number of sulfone groups is 1. The van der Waals surface area contributed by atoms with Crippen LogP contribution in [0.1, 0.15) is 12.8 Å². The van der Waals surface area contributed by atoms with Crippen LogP contribution in [0.4, 0.5) is 0 Å². The van der Waals surface area contributed by atoms with Crippen LogP contribution < -0.4 is 5.32 Å². The standard InChI is InChI=1S/C11H22N2O3S/c1-16-7-3-6-13-5-2-4-12-10-8-17(14,15)9-11(10)13/h10-12H,2-9H2,1H3. The second kappa shape index (κ2) is 5.65. The third kappa shape index (κ3) is 3.40. The Hall–Kier alpha value is -0.170. The van der Waals surface area contributed by atoms with E-state index in [0.717, 1.165) is 39.1 Å². The lowest BCUT2D eigenvalue weighted by Gasteiger charge is -2.29. The van der Waals surface area contributed by atoms with Gasteiger partial charge < -0.3 is 10.1 Å². The molecule has 2 rings (SSSR count). The number of methoxy groups -OCH3 is 1. The Labute approximate surface area is 103 Å². The Morgan fingerprint density at radius 3 is 3.00 bits per heavy atom.